The first-order chi connectivity index (χ1) is 6.84. The number of nitrogens with zero attached hydrogens (tertiary/aromatic N) is 1. The number of aromatic nitrogens is 1. The molecule has 0 atom stereocenters. The van der Waals surface area contributed by atoms with E-state index in [1.807, 2.05) is 18.2 Å². The van der Waals surface area contributed by atoms with Gasteiger partial charge in [0, 0.05) is 6.07 Å². The fourth-order valence-corrected chi connectivity index (χ4v) is 1.17. The van der Waals surface area contributed by atoms with Gasteiger partial charge in [-0.15, -0.1) is 0 Å². The highest BCUT2D eigenvalue weighted by Crippen LogP contribution is 2.07. The Balaban J connectivity index is 2.15. The van der Waals surface area contributed by atoms with Crippen molar-refractivity contribution in [3.05, 3.63) is 53.4 Å². The van der Waals surface area contributed by atoms with Crippen LogP contribution in [0.1, 0.15) is 16.8 Å². The maximum atomic E-state index is 4.72. The van der Waals surface area contributed by atoms with Crippen LogP contribution in [0, 0.1) is 6.92 Å². The van der Waals surface area contributed by atoms with Crippen LogP contribution in [-0.4, -0.2) is 5.16 Å². The Kier molecular flexibility index (Phi) is 2.45. The van der Waals surface area contributed by atoms with E-state index in [0.717, 1.165) is 5.69 Å². The fourth-order valence-electron chi connectivity index (χ4n) is 1.17. The molecule has 0 aliphatic heterocycles. The molecule has 2 aromatic rings. The molecule has 1 aromatic carbocycles. The van der Waals surface area contributed by atoms with Crippen LogP contribution in [0.4, 0.5) is 0 Å². The first-order valence-electron chi connectivity index (χ1n) is 4.50. The summed E-state index contributed by atoms with van der Waals surface area (Å²) in [5.74, 6) is 0. The van der Waals surface area contributed by atoms with E-state index in [9.17, 15) is 0 Å². The van der Waals surface area contributed by atoms with Gasteiger partial charge in [0.1, 0.15) is 12.0 Å². The molecule has 1 aromatic heterocycles. The second-order valence-corrected chi connectivity index (χ2v) is 3.17. The van der Waals surface area contributed by atoms with Gasteiger partial charge in [-0.05, 0) is 18.6 Å². The standard InChI is InChI=1S/C12H11NO/c1-10-2-4-11(5-3-10)6-7-12-8-9-14-13-12/h2-9H,1H3. The van der Waals surface area contributed by atoms with Gasteiger partial charge in [-0.25, -0.2) is 0 Å². The maximum absolute atomic E-state index is 4.72. The lowest BCUT2D eigenvalue weighted by molar-refractivity contribution is 0.418. The first kappa shape index (κ1) is 8.75. The summed E-state index contributed by atoms with van der Waals surface area (Å²) in [4.78, 5) is 0. The summed E-state index contributed by atoms with van der Waals surface area (Å²) in [6.45, 7) is 2.07. The summed E-state index contributed by atoms with van der Waals surface area (Å²) in [6.07, 6.45) is 5.50. The predicted octanol–water partition coefficient (Wildman–Crippen LogP) is 3.15. The van der Waals surface area contributed by atoms with E-state index in [1.165, 1.54) is 11.1 Å². The lowest BCUT2D eigenvalue weighted by Gasteiger charge is -1.93. The molecule has 2 rings (SSSR count). The summed E-state index contributed by atoms with van der Waals surface area (Å²) in [6, 6.07) is 10.1. The van der Waals surface area contributed by atoms with E-state index < -0.39 is 0 Å². The fraction of sp³-hybridized carbons (Fsp3) is 0.0833. The Morgan fingerprint density at radius 1 is 1.07 bits per heavy atom. The molecule has 0 unspecified atom stereocenters. The summed E-state index contributed by atoms with van der Waals surface area (Å²) >= 11 is 0. The van der Waals surface area contributed by atoms with Crippen molar-refractivity contribution in [3.8, 4) is 0 Å². The number of hydrogen-bond acceptors (Lipinski definition) is 2. The van der Waals surface area contributed by atoms with E-state index in [-0.39, 0.29) is 0 Å². The van der Waals surface area contributed by atoms with Crippen molar-refractivity contribution in [1.82, 2.24) is 5.16 Å². The summed E-state index contributed by atoms with van der Waals surface area (Å²) < 4.78 is 4.72. The Labute approximate surface area is 82.9 Å². The van der Waals surface area contributed by atoms with Crippen LogP contribution in [0.15, 0.2) is 41.1 Å². The monoisotopic (exact) mass is 185 g/mol. The summed E-state index contributed by atoms with van der Waals surface area (Å²) in [7, 11) is 0. The molecule has 0 fully saturated rings. The van der Waals surface area contributed by atoms with Crippen LogP contribution in [0.25, 0.3) is 12.2 Å². The van der Waals surface area contributed by atoms with Crippen molar-refractivity contribution in [2.45, 2.75) is 6.92 Å². The van der Waals surface area contributed by atoms with Crippen molar-refractivity contribution in [2.24, 2.45) is 0 Å². The summed E-state index contributed by atoms with van der Waals surface area (Å²) in [5.41, 5.74) is 3.27. The topological polar surface area (TPSA) is 26.0 Å². The van der Waals surface area contributed by atoms with Crippen molar-refractivity contribution in [2.75, 3.05) is 0 Å². The van der Waals surface area contributed by atoms with Gasteiger partial charge in [-0.2, -0.15) is 0 Å². The average molecular weight is 185 g/mol. The van der Waals surface area contributed by atoms with Crippen molar-refractivity contribution in [3.63, 3.8) is 0 Å². The zero-order chi connectivity index (χ0) is 9.80. The van der Waals surface area contributed by atoms with E-state index in [4.69, 9.17) is 4.52 Å². The molecule has 2 nitrogen and oxygen atoms in total. The van der Waals surface area contributed by atoms with Crippen LogP contribution in [0.5, 0.6) is 0 Å². The van der Waals surface area contributed by atoms with Crippen LogP contribution in [-0.2, 0) is 0 Å². The van der Waals surface area contributed by atoms with E-state index in [1.54, 1.807) is 6.26 Å². The molecule has 0 saturated heterocycles. The maximum Gasteiger partial charge on any atom is 0.124 e. The zero-order valence-corrected chi connectivity index (χ0v) is 7.97. The van der Waals surface area contributed by atoms with E-state index in [2.05, 4.69) is 36.3 Å². The van der Waals surface area contributed by atoms with Crippen LogP contribution in [0.2, 0.25) is 0 Å². The van der Waals surface area contributed by atoms with Gasteiger partial charge in [0.05, 0.1) is 0 Å². The molecule has 0 spiro atoms. The SMILES string of the molecule is Cc1ccc(C=Cc2ccon2)cc1. The second-order valence-electron chi connectivity index (χ2n) is 3.17. The average Bonchev–Trinajstić information content (AvgIpc) is 2.70. The van der Waals surface area contributed by atoms with Gasteiger partial charge in [0.25, 0.3) is 0 Å². The Morgan fingerprint density at radius 3 is 2.50 bits per heavy atom. The van der Waals surface area contributed by atoms with E-state index >= 15 is 0 Å². The Hall–Kier alpha value is -1.83. The molecule has 14 heavy (non-hydrogen) atoms. The molecule has 70 valence electrons. The van der Waals surface area contributed by atoms with Crippen molar-refractivity contribution >= 4 is 12.2 Å². The highest BCUT2D eigenvalue weighted by atomic mass is 16.5. The molecular formula is C12H11NO. The lowest BCUT2D eigenvalue weighted by Crippen LogP contribution is -1.73. The third kappa shape index (κ3) is 2.10. The molecule has 2 heteroatoms. The minimum atomic E-state index is 0.838. The zero-order valence-electron chi connectivity index (χ0n) is 7.97. The van der Waals surface area contributed by atoms with Crippen LogP contribution in [0.3, 0.4) is 0 Å². The molecular weight excluding hydrogens is 174 g/mol. The first-order valence-corrected chi connectivity index (χ1v) is 4.50. The van der Waals surface area contributed by atoms with Crippen molar-refractivity contribution in [1.29, 1.82) is 0 Å². The highest BCUT2D eigenvalue weighted by molar-refractivity contribution is 5.67. The van der Waals surface area contributed by atoms with E-state index in [0.29, 0.717) is 0 Å². The number of rotatable bonds is 2. The quantitative estimate of drug-likeness (QED) is 0.718. The third-order valence-electron chi connectivity index (χ3n) is 1.98. The largest absolute Gasteiger partial charge is 0.364 e. The second kappa shape index (κ2) is 3.92. The molecule has 0 N–H and O–H groups in total. The van der Waals surface area contributed by atoms with Gasteiger partial charge in [-0.3, -0.25) is 0 Å². The minimum absolute atomic E-state index is 0.838. The molecule has 0 aliphatic carbocycles. The third-order valence-corrected chi connectivity index (χ3v) is 1.98. The van der Waals surface area contributed by atoms with Gasteiger partial charge in [0.2, 0.25) is 0 Å². The molecule has 0 amide bonds. The number of hydrogen-bond donors (Lipinski definition) is 0. The van der Waals surface area contributed by atoms with Crippen molar-refractivity contribution < 1.29 is 4.52 Å². The van der Waals surface area contributed by atoms with Gasteiger partial charge >= 0.3 is 0 Å². The smallest absolute Gasteiger partial charge is 0.124 e. The van der Waals surface area contributed by atoms with Gasteiger partial charge in [-0.1, -0.05) is 41.1 Å². The van der Waals surface area contributed by atoms with Crippen LogP contribution >= 0.6 is 0 Å². The molecule has 1 heterocycles. The molecule has 0 saturated carbocycles. The van der Waals surface area contributed by atoms with Gasteiger partial charge in [0.15, 0.2) is 0 Å². The van der Waals surface area contributed by atoms with Gasteiger partial charge < -0.3 is 4.52 Å². The normalized spacial score (nSPS) is 10.9. The summed E-state index contributed by atoms with van der Waals surface area (Å²) in [5, 5.41) is 3.79. The minimum Gasteiger partial charge on any atom is -0.364 e. The molecule has 0 aliphatic rings. The number of benzene rings is 1. The molecule has 0 radical (unpaired) electrons. The highest BCUT2D eigenvalue weighted by Gasteiger charge is 1.89. The lowest BCUT2D eigenvalue weighted by atomic mass is 10.1. The van der Waals surface area contributed by atoms with Crippen LogP contribution < -0.4 is 0 Å². The Morgan fingerprint density at radius 2 is 1.86 bits per heavy atom. The predicted molar refractivity (Wildman–Crippen MR) is 56.6 cm³/mol. The number of aryl methyl sites for hydroxylation is 1. The molecule has 0 bridgehead atoms. The Bertz CT molecular complexity index is 412.